The van der Waals surface area contributed by atoms with Gasteiger partial charge in [-0.1, -0.05) is 0 Å². The second-order valence-corrected chi connectivity index (χ2v) is 7.98. The lowest BCUT2D eigenvalue weighted by molar-refractivity contribution is -0.130. The molecule has 0 saturated heterocycles. The van der Waals surface area contributed by atoms with Crippen molar-refractivity contribution < 1.29 is 23.6 Å². The molecule has 0 radical (unpaired) electrons. The maximum absolute atomic E-state index is 13.5. The number of aryl methyl sites for hydroxylation is 1. The molecule has 3 amide bonds. The summed E-state index contributed by atoms with van der Waals surface area (Å²) in [5.74, 6) is 1.68. The summed E-state index contributed by atoms with van der Waals surface area (Å²) in [5.41, 5.74) is 2.39. The maximum atomic E-state index is 13.5. The fraction of sp³-hybridized carbons (Fsp3) is 0.364. The number of nitrogens with zero attached hydrogens (tertiary/aromatic N) is 1. The number of carbonyl (C=O) groups excluding carboxylic acids is 4. The van der Waals surface area contributed by atoms with E-state index >= 15 is 0 Å². The zero-order chi connectivity index (χ0) is 24.4. The Balaban J connectivity index is 2.41. The van der Waals surface area contributed by atoms with Crippen LogP contribution in [0.1, 0.15) is 58.4 Å². The van der Waals surface area contributed by atoms with Crippen LogP contribution >= 0.6 is 0 Å². The van der Waals surface area contributed by atoms with E-state index in [1.165, 1.54) is 32.0 Å². The fourth-order valence-corrected chi connectivity index (χ4v) is 3.52. The van der Waals surface area contributed by atoms with E-state index in [4.69, 9.17) is 5.84 Å². The second kappa shape index (κ2) is 9.31. The average Bonchev–Trinajstić information content (AvgIpc) is 2.98. The van der Waals surface area contributed by atoms with E-state index in [-0.39, 0.29) is 11.3 Å². The van der Waals surface area contributed by atoms with Crippen LogP contribution in [0, 0.1) is 26.6 Å². The molecule has 32 heavy (non-hydrogen) atoms. The number of rotatable bonds is 7. The van der Waals surface area contributed by atoms with Crippen molar-refractivity contribution in [3.05, 3.63) is 52.1 Å². The normalized spacial score (nSPS) is 11.1. The van der Waals surface area contributed by atoms with Crippen molar-refractivity contribution in [2.45, 2.75) is 53.6 Å². The lowest BCUT2D eigenvalue weighted by Gasteiger charge is -2.23. The van der Waals surface area contributed by atoms with Gasteiger partial charge in [0.15, 0.2) is 0 Å². The number of Topliss-reactive ketones (excluding diaryl/α,β-unsaturated/α-hetero) is 1. The third-order valence-corrected chi connectivity index (χ3v) is 5.27. The molecule has 0 aliphatic carbocycles. The van der Waals surface area contributed by atoms with Crippen LogP contribution in [-0.2, 0) is 16.1 Å². The number of anilines is 1. The first-order valence-corrected chi connectivity index (χ1v) is 10.0. The number of hydrazine groups is 1. The predicted octanol–water partition coefficient (Wildman–Crippen LogP) is 1.89. The molecule has 10 heteroatoms. The largest absolute Gasteiger partial charge is 0.341 e. The highest BCUT2D eigenvalue weighted by molar-refractivity contribution is 6.43. The molecule has 9 nitrogen and oxygen atoms in total. The number of nitrogens with two attached hydrogens (primary N) is 1. The van der Waals surface area contributed by atoms with Crippen LogP contribution in [0.4, 0.5) is 10.1 Å². The van der Waals surface area contributed by atoms with Crippen molar-refractivity contribution in [3.8, 4) is 0 Å². The van der Waals surface area contributed by atoms with Crippen molar-refractivity contribution in [2.24, 2.45) is 5.84 Å². The molecule has 5 N–H and O–H groups in total. The van der Waals surface area contributed by atoms with E-state index < -0.39 is 34.9 Å². The van der Waals surface area contributed by atoms with Crippen molar-refractivity contribution in [1.29, 1.82) is 0 Å². The Hall–Kier alpha value is -3.53. The summed E-state index contributed by atoms with van der Waals surface area (Å²) in [6.07, 6.45) is 0. The Morgan fingerprint density at radius 3 is 2.28 bits per heavy atom. The SMILES string of the molecule is CCn1c(C)c(C(=O)Nc2ccc(F)c(C)c2)c(C)c1C(=O)C(=O)NC(C)(C)C(=O)NN. The van der Waals surface area contributed by atoms with Gasteiger partial charge in [0.25, 0.3) is 23.5 Å². The topological polar surface area (TPSA) is 135 Å². The van der Waals surface area contributed by atoms with Gasteiger partial charge in [0.1, 0.15) is 11.4 Å². The molecule has 1 aromatic heterocycles. The van der Waals surface area contributed by atoms with Gasteiger partial charge in [-0.05, 0) is 70.9 Å². The smallest absolute Gasteiger partial charge is 0.294 e. The van der Waals surface area contributed by atoms with E-state index in [1.807, 2.05) is 5.43 Å². The Bertz CT molecular complexity index is 1100. The number of hydrogen-bond acceptors (Lipinski definition) is 5. The molecule has 0 aliphatic heterocycles. The van der Waals surface area contributed by atoms with Crippen molar-refractivity contribution in [2.75, 3.05) is 5.32 Å². The van der Waals surface area contributed by atoms with Crippen LogP contribution in [0.25, 0.3) is 0 Å². The zero-order valence-electron chi connectivity index (χ0n) is 19.0. The Kier molecular flexibility index (Phi) is 7.20. The first-order chi connectivity index (χ1) is 14.8. The van der Waals surface area contributed by atoms with Gasteiger partial charge in [-0.25, -0.2) is 10.2 Å². The molecule has 1 aromatic carbocycles. The lowest BCUT2D eigenvalue weighted by atomic mass is 10.0. The summed E-state index contributed by atoms with van der Waals surface area (Å²) in [4.78, 5) is 50.4. The van der Waals surface area contributed by atoms with E-state index in [2.05, 4.69) is 10.6 Å². The molecule has 0 spiro atoms. The summed E-state index contributed by atoms with van der Waals surface area (Å²) in [6, 6.07) is 4.19. The highest BCUT2D eigenvalue weighted by Gasteiger charge is 2.34. The van der Waals surface area contributed by atoms with Crippen LogP contribution in [0.5, 0.6) is 0 Å². The average molecular weight is 445 g/mol. The highest BCUT2D eigenvalue weighted by atomic mass is 19.1. The molecule has 0 atom stereocenters. The van der Waals surface area contributed by atoms with E-state index in [1.54, 1.807) is 32.3 Å². The first kappa shape index (κ1) is 24.7. The number of aromatic nitrogens is 1. The molecule has 1 heterocycles. The molecule has 0 fully saturated rings. The number of amides is 3. The van der Waals surface area contributed by atoms with Gasteiger partial charge < -0.3 is 15.2 Å². The minimum absolute atomic E-state index is 0.0480. The number of hydrogen-bond donors (Lipinski definition) is 4. The second-order valence-electron chi connectivity index (χ2n) is 7.98. The molecular formula is C22H28FN5O4. The van der Waals surface area contributed by atoms with Gasteiger partial charge in [-0.3, -0.25) is 24.6 Å². The Labute approximate surface area is 185 Å². The van der Waals surface area contributed by atoms with Crippen LogP contribution in [0.3, 0.4) is 0 Å². The first-order valence-electron chi connectivity index (χ1n) is 10.0. The summed E-state index contributed by atoms with van der Waals surface area (Å²) >= 11 is 0. The van der Waals surface area contributed by atoms with Gasteiger partial charge in [0.2, 0.25) is 0 Å². The quantitative estimate of drug-likeness (QED) is 0.170. The van der Waals surface area contributed by atoms with Gasteiger partial charge in [-0.15, -0.1) is 0 Å². The van der Waals surface area contributed by atoms with Gasteiger partial charge in [-0.2, -0.15) is 0 Å². The fourth-order valence-electron chi connectivity index (χ4n) is 3.52. The summed E-state index contributed by atoms with van der Waals surface area (Å²) in [7, 11) is 0. The van der Waals surface area contributed by atoms with Gasteiger partial charge in [0.05, 0.1) is 11.3 Å². The van der Waals surface area contributed by atoms with Crippen LogP contribution < -0.4 is 21.9 Å². The van der Waals surface area contributed by atoms with E-state index in [0.29, 0.717) is 29.1 Å². The number of halogens is 1. The molecule has 0 unspecified atom stereocenters. The molecule has 0 saturated carbocycles. The van der Waals surface area contributed by atoms with Gasteiger partial charge in [0, 0.05) is 17.9 Å². The Morgan fingerprint density at radius 2 is 1.75 bits per heavy atom. The van der Waals surface area contributed by atoms with E-state index in [9.17, 15) is 23.6 Å². The Morgan fingerprint density at radius 1 is 1.12 bits per heavy atom. The molecule has 2 rings (SSSR count). The number of nitrogens with one attached hydrogen (secondary N) is 3. The van der Waals surface area contributed by atoms with Crippen LogP contribution in [0.15, 0.2) is 18.2 Å². The zero-order valence-corrected chi connectivity index (χ0v) is 19.0. The maximum Gasteiger partial charge on any atom is 0.294 e. The van der Waals surface area contributed by atoms with Gasteiger partial charge >= 0.3 is 0 Å². The number of benzene rings is 1. The van der Waals surface area contributed by atoms with Crippen molar-refractivity contribution in [1.82, 2.24) is 15.3 Å². The predicted molar refractivity (Wildman–Crippen MR) is 118 cm³/mol. The third kappa shape index (κ3) is 4.70. The van der Waals surface area contributed by atoms with Crippen molar-refractivity contribution in [3.63, 3.8) is 0 Å². The monoisotopic (exact) mass is 445 g/mol. The number of carbonyl (C=O) groups is 4. The molecule has 172 valence electrons. The van der Waals surface area contributed by atoms with Crippen LogP contribution in [-0.4, -0.2) is 33.6 Å². The molecule has 0 aliphatic rings. The van der Waals surface area contributed by atoms with Crippen molar-refractivity contribution >= 4 is 29.2 Å². The number of ketones is 1. The molecular weight excluding hydrogens is 417 g/mol. The summed E-state index contributed by atoms with van der Waals surface area (Å²) in [5, 5.41) is 5.07. The minimum atomic E-state index is -1.42. The van der Waals surface area contributed by atoms with Crippen LogP contribution in [0.2, 0.25) is 0 Å². The highest BCUT2D eigenvalue weighted by Crippen LogP contribution is 2.25. The summed E-state index contributed by atoms with van der Waals surface area (Å²) < 4.78 is 15.1. The minimum Gasteiger partial charge on any atom is -0.341 e. The lowest BCUT2D eigenvalue weighted by Crippen LogP contribution is -2.57. The third-order valence-electron chi connectivity index (χ3n) is 5.27. The molecule has 2 aromatic rings. The summed E-state index contributed by atoms with van der Waals surface area (Å²) in [6.45, 7) is 9.73. The standard InChI is InChI=1S/C22H28FN5O4/c1-7-28-13(4)16(19(30)25-14-8-9-15(23)11(2)10-14)12(3)17(28)18(29)20(31)26-22(5,6)21(32)27-24/h8-10H,7,24H2,1-6H3,(H,25,30)(H,26,31)(H,27,32). The molecule has 0 bridgehead atoms. The van der Waals surface area contributed by atoms with E-state index in [0.717, 1.165) is 0 Å².